The molecular weight excluding hydrogens is 314 g/mol. The number of benzene rings is 2. The number of carbonyl (C=O) groups excluding carboxylic acids is 1. The van der Waals surface area contributed by atoms with Crippen LogP contribution in [0.3, 0.4) is 0 Å². The van der Waals surface area contributed by atoms with Crippen LogP contribution in [0.1, 0.15) is 35.3 Å². The first-order chi connectivity index (χ1) is 9.44. The molecule has 2 rings (SSSR count). The van der Waals surface area contributed by atoms with Gasteiger partial charge < -0.3 is 5.73 Å². The lowest BCUT2D eigenvalue weighted by atomic mass is 9.84. The molecule has 0 amide bonds. The van der Waals surface area contributed by atoms with Gasteiger partial charge in [-0.1, -0.05) is 66.2 Å². The topological polar surface area (TPSA) is 43.1 Å². The number of ketones is 1. The number of carbonyl (C=O) groups is 1. The van der Waals surface area contributed by atoms with Crippen molar-refractivity contribution in [3.8, 4) is 0 Å². The van der Waals surface area contributed by atoms with Crippen LogP contribution in [-0.4, -0.2) is 12.3 Å². The maximum Gasteiger partial charge on any atom is 0.193 e. The molecule has 0 aromatic heterocycles. The van der Waals surface area contributed by atoms with E-state index < -0.39 is 0 Å². The molecule has 0 spiro atoms. The molecule has 0 fully saturated rings. The van der Waals surface area contributed by atoms with Crippen molar-refractivity contribution in [3.63, 3.8) is 0 Å². The van der Waals surface area contributed by atoms with Crippen molar-refractivity contribution in [1.29, 1.82) is 0 Å². The van der Waals surface area contributed by atoms with Gasteiger partial charge >= 0.3 is 0 Å². The minimum atomic E-state index is -0.0721. The van der Waals surface area contributed by atoms with Crippen LogP contribution >= 0.6 is 15.9 Å². The van der Waals surface area contributed by atoms with Crippen LogP contribution in [-0.2, 0) is 5.41 Å². The summed E-state index contributed by atoms with van der Waals surface area (Å²) < 4.78 is 0.907. The molecule has 0 heterocycles. The highest BCUT2D eigenvalue weighted by molar-refractivity contribution is 9.10. The normalized spacial score (nSPS) is 11.4. The van der Waals surface area contributed by atoms with Crippen LogP contribution in [0.15, 0.2) is 53.0 Å². The Kier molecular flexibility index (Phi) is 4.41. The second kappa shape index (κ2) is 5.90. The van der Waals surface area contributed by atoms with Gasteiger partial charge in [-0.25, -0.2) is 0 Å². The van der Waals surface area contributed by atoms with E-state index in [1.807, 2.05) is 48.5 Å². The van der Waals surface area contributed by atoms with E-state index in [-0.39, 0.29) is 11.2 Å². The zero-order valence-electron chi connectivity index (χ0n) is 11.7. The Morgan fingerprint density at radius 2 is 1.75 bits per heavy atom. The number of hydrogen-bond donors (Lipinski definition) is 1. The van der Waals surface area contributed by atoms with Gasteiger partial charge in [0.2, 0.25) is 0 Å². The second-order valence-electron chi connectivity index (χ2n) is 5.50. The molecule has 0 aliphatic carbocycles. The molecule has 2 aromatic rings. The van der Waals surface area contributed by atoms with Crippen LogP contribution in [0.2, 0.25) is 0 Å². The number of rotatable bonds is 4. The van der Waals surface area contributed by atoms with Gasteiger partial charge in [-0.2, -0.15) is 0 Å². The summed E-state index contributed by atoms with van der Waals surface area (Å²) in [6, 6.07) is 15.1. The SMILES string of the molecule is CC(C)(CN)c1ccc(C(=O)c2cccc(Br)c2)cc1. The number of halogens is 1. The summed E-state index contributed by atoms with van der Waals surface area (Å²) in [5.74, 6) is 0.0309. The summed E-state index contributed by atoms with van der Waals surface area (Å²) >= 11 is 3.38. The molecule has 0 saturated carbocycles. The lowest BCUT2D eigenvalue weighted by molar-refractivity contribution is 0.103. The molecule has 20 heavy (non-hydrogen) atoms. The first kappa shape index (κ1) is 14.9. The predicted molar refractivity (Wildman–Crippen MR) is 86.1 cm³/mol. The third kappa shape index (κ3) is 3.17. The van der Waals surface area contributed by atoms with Crippen molar-refractivity contribution in [3.05, 3.63) is 69.7 Å². The zero-order chi connectivity index (χ0) is 14.8. The summed E-state index contributed by atoms with van der Waals surface area (Å²) in [4.78, 5) is 12.4. The Balaban J connectivity index is 2.29. The molecule has 0 aliphatic rings. The van der Waals surface area contributed by atoms with Crippen LogP contribution < -0.4 is 5.73 Å². The highest BCUT2D eigenvalue weighted by Crippen LogP contribution is 2.23. The minimum Gasteiger partial charge on any atom is -0.330 e. The fourth-order valence-electron chi connectivity index (χ4n) is 1.99. The van der Waals surface area contributed by atoms with Gasteiger partial charge in [-0.15, -0.1) is 0 Å². The van der Waals surface area contributed by atoms with Crippen molar-refractivity contribution in [2.45, 2.75) is 19.3 Å². The molecule has 3 heteroatoms. The molecular formula is C17H18BrNO. The summed E-state index contributed by atoms with van der Waals surface area (Å²) in [6.07, 6.45) is 0. The van der Waals surface area contributed by atoms with Crippen molar-refractivity contribution in [2.75, 3.05) is 6.54 Å². The van der Waals surface area contributed by atoms with E-state index >= 15 is 0 Å². The lowest BCUT2D eigenvalue weighted by Crippen LogP contribution is -2.28. The van der Waals surface area contributed by atoms with Crippen molar-refractivity contribution >= 4 is 21.7 Å². The van der Waals surface area contributed by atoms with Crippen molar-refractivity contribution in [1.82, 2.24) is 0 Å². The molecule has 0 saturated heterocycles. The second-order valence-corrected chi connectivity index (χ2v) is 6.42. The van der Waals surface area contributed by atoms with Crippen LogP contribution in [0.5, 0.6) is 0 Å². The van der Waals surface area contributed by atoms with E-state index in [4.69, 9.17) is 5.73 Å². The van der Waals surface area contributed by atoms with E-state index in [0.717, 1.165) is 10.0 Å². The zero-order valence-corrected chi connectivity index (χ0v) is 13.3. The molecule has 0 atom stereocenters. The number of hydrogen-bond acceptors (Lipinski definition) is 2. The van der Waals surface area contributed by atoms with E-state index in [2.05, 4.69) is 29.8 Å². The highest BCUT2D eigenvalue weighted by Gasteiger charge is 2.18. The average Bonchev–Trinajstić information content (AvgIpc) is 2.46. The first-order valence-electron chi connectivity index (χ1n) is 6.55. The van der Waals surface area contributed by atoms with Crippen LogP contribution in [0.4, 0.5) is 0 Å². The molecule has 0 unspecified atom stereocenters. The summed E-state index contributed by atoms with van der Waals surface area (Å²) in [7, 11) is 0. The lowest BCUT2D eigenvalue weighted by Gasteiger charge is -2.23. The van der Waals surface area contributed by atoms with Gasteiger partial charge in [-0.05, 0) is 17.7 Å². The maximum atomic E-state index is 12.4. The monoisotopic (exact) mass is 331 g/mol. The van der Waals surface area contributed by atoms with E-state index in [0.29, 0.717) is 17.7 Å². The molecule has 104 valence electrons. The molecule has 0 radical (unpaired) electrons. The van der Waals surface area contributed by atoms with E-state index in [1.54, 1.807) is 0 Å². The Hall–Kier alpha value is -1.45. The summed E-state index contributed by atoms with van der Waals surface area (Å²) in [5, 5.41) is 0. The van der Waals surface area contributed by atoms with Gasteiger partial charge in [0.25, 0.3) is 0 Å². The predicted octanol–water partition coefficient (Wildman–Crippen LogP) is 3.92. The average molecular weight is 332 g/mol. The van der Waals surface area contributed by atoms with E-state index in [9.17, 15) is 4.79 Å². The Morgan fingerprint density at radius 1 is 1.10 bits per heavy atom. The van der Waals surface area contributed by atoms with Crippen LogP contribution in [0.25, 0.3) is 0 Å². The smallest absolute Gasteiger partial charge is 0.193 e. The molecule has 2 aromatic carbocycles. The number of nitrogens with two attached hydrogens (primary N) is 1. The van der Waals surface area contributed by atoms with Gasteiger partial charge in [0.05, 0.1) is 0 Å². The van der Waals surface area contributed by atoms with Crippen molar-refractivity contribution in [2.24, 2.45) is 5.73 Å². The quantitative estimate of drug-likeness (QED) is 0.863. The molecule has 2 nitrogen and oxygen atoms in total. The molecule has 0 bridgehead atoms. The third-order valence-corrected chi connectivity index (χ3v) is 4.02. The standard InChI is InChI=1S/C17H18BrNO/c1-17(2,11-19)14-8-6-12(7-9-14)16(20)13-4-3-5-15(18)10-13/h3-10H,11,19H2,1-2H3. The maximum absolute atomic E-state index is 12.4. The first-order valence-corrected chi connectivity index (χ1v) is 7.34. The fourth-order valence-corrected chi connectivity index (χ4v) is 2.39. The molecule has 2 N–H and O–H groups in total. The Bertz CT molecular complexity index is 617. The Morgan fingerprint density at radius 3 is 2.30 bits per heavy atom. The van der Waals surface area contributed by atoms with Crippen molar-refractivity contribution < 1.29 is 4.79 Å². The van der Waals surface area contributed by atoms with Gasteiger partial charge in [-0.3, -0.25) is 4.79 Å². The molecule has 0 aliphatic heterocycles. The summed E-state index contributed by atoms with van der Waals surface area (Å²) in [6.45, 7) is 4.77. The summed E-state index contributed by atoms with van der Waals surface area (Å²) in [5.41, 5.74) is 8.22. The van der Waals surface area contributed by atoms with Gasteiger partial charge in [0, 0.05) is 27.6 Å². The largest absolute Gasteiger partial charge is 0.330 e. The van der Waals surface area contributed by atoms with Gasteiger partial charge in [0.1, 0.15) is 0 Å². The third-order valence-electron chi connectivity index (χ3n) is 3.53. The highest BCUT2D eigenvalue weighted by atomic mass is 79.9. The van der Waals surface area contributed by atoms with E-state index in [1.165, 1.54) is 0 Å². The van der Waals surface area contributed by atoms with Gasteiger partial charge in [0.15, 0.2) is 5.78 Å². The Labute approximate surface area is 128 Å². The van der Waals surface area contributed by atoms with Crippen LogP contribution in [0, 0.1) is 0 Å². The minimum absolute atomic E-state index is 0.0309. The fraction of sp³-hybridized carbons (Fsp3) is 0.235.